The smallest absolute Gasteiger partial charge is 0.142 e. The lowest BCUT2D eigenvalue weighted by atomic mass is 10.1. The number of nitrogens with zero attached hydrogens (tertiary/aromatic N) is 1. The molecule has 0 fully saturated rings. The largest absolute Gasteiger partial charge is 0.497 e. The van der Waals surface area contributed by atoms with Crippen molar-refractivity contribution in [2.24, 2.45) is 5.16 Å². The fourth-order valence-electron chi connectivity index (χ4n) is 3.58. The second-order valence-electron chi connectivity index (χ2n) is 8.39. The van der Waals surface area contributed by atoms with E-state index in [0.717, 1.165) is 39.5 Å². The molecule has 0 saturated carbocycles. The van der Waals surface area contributed by atoms with Crippen LogP contribution in [0.5, 0.6) is 17.2 Å². The summed E-state index contributed by atoms with van der Waals surface area (Å²) in [4.78, 5) is 5.67. The molecule has 0 heterocycles. The third-order valence-corrected chi connectivity index (χ3v) is 5.71. The minimum atomic E-state index is 0.385. The van der Waals surface area contributed by atoms with E-state index in [-0.39, 0.29) is 0 Å². The molecular formula is C33H31NO4. The standard InChI is InChI=1S/C33H31NO4/c1-35-31-20-13-26(14-21-31)12-18-30(34-38-25-27-8-4-3-5-9-27)19-17-29-10-6-7-11-33(29)37-24-28-15-22-32(36-2)23-16-28/h3-23H,24-25H2,1-2H3/b18-12+,19-17+,34-30+. The van der Waals surface area contributed by atoms with Gasteiger partial charge in [-0.15, -0.1) is 0 Å². The SMILES string of the molecule is COc1ccc(/C=C/C(/C=C/c2ccccc2OCc2ccc(OC)cc2)=N\OCc2ccccc2)cc1. The van der Waals surface area contributed by atoms with Crippen LogP contribution in [0.2, 0.25) is 0 Å². The van der Waals surface area contributed by atoms with Crippen LogP contribution in [0.3, 0.4) is 0 Å². The molecule has 0 radical (unpaired) electrons. The first kappa shape index (κ1) is 26.3. The third-order valence-electron chi connectivity index (χ3n) is 5.71. The zero-order chi connectivity index (χ0) is 26.4. The fraction of sp³-hybridized carbons (Fsp3) is 0.121. The summed E-state index contributed by atoms with van der Waals surface area (Å²) in [6, 6.07) is 33.5. The van der Waals surface area contributed by atoms with Gasteiger partial charge in [0.05, 0.1) is 14.2 Å². The molecule has 0 atom stereocenters. The molecule has 5 heteroatoms. The lowest BCUT2D eigenvalue weighted by Gasteiger charge is -2.10. The normalized spacial score (nSPS) is 11.6. The van der Waals surface area contributed by atoms with Crippen LogP contribution in [-0.4, -0.2) is 19.9 Å². The number of methoxy groups -OCH3 is 2. The van der Waals surface area contributed by atoms with Gasteiger partial charge >= 0.3 is 0 Å². The van der Waals surface area contributed by atoms with E-state index in [4.69, 9.17) is 19.0 Å². The highest BCUT2D eigenvalue weighted by atomic mass is 16.6. The highest BCUT2D eigenvalue weighted by molar-refractivity contribution is 6.08. The molecule has 0 spiro atoms. The molecule has 0 unspecified atom stereocenters. The summed E-state index contributed by atoms with van der Waals surface area (Å²) in [6.45, 7) is 0.837. The lowest BCUT2D eigenvalue weighted by molar-refractivity contribution is 0.131. The van der Waals surface area contributed by atoms with Crippen molar-refractivity contribution in [3.8, 4) is 17.2 Å². The minimum Gasteiger partial charge on any atom is -0.497 e. The van der Waals surface area contributed by atoms with Crippen LogP contribution >= 0.6 is 0 Å². The van der Waals surface area contributed by atoms with Crippen molar-refractivity contribution in [3.05, 3.63) is 138 Å². The summed E-state index contributed by atoms with van der Waals surface area (Å²) in [7, 11) is 3.31. The molecule has 4 aromatic carbocycles. The molecule has 38 heavy (non-hydrogen) atoms. The summed E-state index contributed by atoms with van der Waals surface area (Å²) in [5.41, 5.74) is 4.74. The second kappa shape index (κ2) is 14.1. The van der Waals surface area contributed by atoms with Crippen molar-refractivity contribution >= 4 is 17.9 Å². The highest BCUT2D eigenvalue weighted by Gasteiger charge is 2.03. The summed E-state index contributed by atoms with van der Waals surface area (Å²) in [5.74, 6) is 2.41. The number of benzene rings is 4. The van der Waals surface area contributed by atoms with Crippen molar-refractivity contribution in [2.75, 3.05) is 14.2 Å². The van der Waals surface area contributed by atoms with Gasteiger partial charge in [0.25, 0.3) is 0 Å². The minimum absolute atomic E-state index is 0.385. The van der Waals surface area contributed by atoms with Crippen LogP contribution in [0.4, 0.5) is 0 Å². The Morgan fingerprint density at radius 3 is 1.95 bits per heavy atom. The Morgan fingerprint density at radius 2 is 1.24 bits per heavy atom. The third kappa shape index (κ3) is 8.14. The van der Waals surface area contributed by atoms with Gasteiger partial charge in [-0.1, -0.05) is 84.0 Å². The number of para-hydroxylation sites is 1. The van der Waals surface area contributed by atoms with Crippen molar-refractivity contribution < 1.29 is 19.0 Å². The van der Waals surface area contributed by atoms with E-state index in [1.54, 1.807) is 14.2 Å². The van der Waals surface area contributed by atoms with Crippen LogP contribution in [-0.2, 0) is 18.1 Å². The number of ether oxygens (including phenoxy) is 3. The van der Waals surface area contributed by atoms with Gasteiger partial charge in [0.2, 0.25) is 0 Å². The van der Waals surface area contributed by atoms with Gasteiger partial charge in [-0.25, -0.2) is 0 Å². The monoisotopic (exact) mass is 505 g/mol. The number of hydrogen-bond acceptors (Lipinski definition) is 5. The maximum atomic E-state index is 6.13. The Kier molecular flexibility index (Phi) is 9.75. The first-order chi connectivity index (χ1) is 18.7. The van der Waals surface area contributed by atoms with Crippen LogP contribution < -0.4 is 14.2 Å². The average Bonchev–Trinajstić information content (AvgIpc) is 2.98. The van der Waals surface area contributed by atoms with Gasteiger partial charge in [0, 0.05) is 5.56 Å². The number of allylic oxidation sites excluding steroid dienone is 2. The molecule has 0 aliphatic heterocycles. The highest BCUT2D eigenvalue weighted by Crippen LogP contribution is 2.22. The molecule has 0 bridgehead atoms. The van der Waals surface area contributed by atoms with Gasteiger partial charge in [0.15, 0.2) is 0 Å². The fourth-order valence-corrected chi connectivity index (χ4v) is 3.58. The molecule has 0 saturated heterocycles. The molecule has 5 nitrogen and oxygen atoms in total. The molecular weight excluding hydrogens is 474 g/mol. The zero-order valence-corrected chi connectivity index (χ0v) is 21.6. The molecule has 0 amide bonds. The molecule has 0 aliphatic carbocycles. The summed E-state index contributed by atoms with van der Waals surface area (Å²) < 4.78 is 16.6. The Morgan fingerprint density at radius 1 is 0.632 bits per heavy atom. The topological polar surface area (TPSA) is 49.3 Å². The van der Waals surface area contributed by atoms with Gasteiger partial charge < -0.3 is 19.0 Å². The van der Waals surface area contributed by atoms with Crippen LogP contribution in [0.25, 0.3) is 12.2 Å². The van der Waals surface area contributed by atoms with Crippen molar-refractivity contribution in [1.82, 2.24) is 0 Å². The molecule has 0 aromatic heterocycles. The Labute approximate surface area is 224 Å². The maximum Gasteiger partial charge on any atom is 0.142 e. The van der Waals surface area contributed by atoms with Gasteiger partial charge in [0.1, 0.15) is 36.2 Å². The van der Waals surface area contributed by atoms with E-state index in [0.29, 0.717) is 18.9 Å². The van der Waals surface area contributed by atoms with Gasteiger partial charge in [-0.2, -0.15) is 0 Å². The van der Waals surface area contributed by atoms with Gasteiger partial charge in [-0.3, -0.25) is 0 Å². The van der Waals surface area contributed by atoms with Crippen molar-refractivity contribution in [1.29, 1.82) is 0 Å². The number of oxime groups is 1. The molecule has 192 valence electrons. The Bertz CT molecular complexity index is 1360. The zero-order valence-electron chi connectivity index (χ0n) is 21.6. The van der Waals surface area contributed by atoms with Crippen LogP contribution in [0.15, 0.2) is 120 Å². The van der Waals surface area contributed by atoms with E-state index in [9.17, 15) is 0 Å². The van der Waals surface area contributed by atoms with E-state index in [1.165, 1.54) is 0 Å². The van der Waals surface area contributed by atoms with Crippen LogP contribution in [0, 0.1) is 0 Å². The maximum absolute atomic E-state index is 6.13. The first-order valence-electron chi connectivity index (χ1n) is 12.3. The second-order valence-corrected chi connectivity index (χ2v) is 8.39. The van der Waals surface area contributed by atoms with E-state index < -0.39 is 0 Å². The first-order valence-corrected chi connectivity index (χ1v) is 12.3. The molecule has 0 aliphatic rings. The quantitative estimate of drug-likeness (QED) is 0.147. The summed E-state index contributed by atoms with van der Waals surface area (Å²) in [6.07, 6.45) is 7.80. The number of hydrogen-bond donors (Lipinski definition) is 0. The Balaban J connectivity index is 1.49. The van der Waals surface area contributed by atoms with E-state index in [1.807, 2.05) is 127 Å². The molecule has 4 rings (SSSR count). The number of rotatable bonds is 12. The van der Waals surface area contributed by atoms with E-state index >= 15 is 0 Å². The molecule has 4 aromatic rings. The molecule has 0 N–H and O–H groups in total. The van der Waals surface area contributed by atoms with E-state index in [2.05, 4.69) is 5.16 Å². The Hall–Kier alpha value is -4.77. The van der Waals surface area contributed by atoms with Crippen LogP contribution in [0.1, 0.15) is 22.3 Å². The average molecular weight is 506 g/mol. The summed E-state index contributed by atoms with van der Waals surface area (Å²) in [5, 5.41) is 4.39. The lowest BCUT2D eigenvalue weighted by Crippen LogP contribution is -1.97. The summed E-state index contributed by atoms with van der Waals surface area (Å²) >= 11 is 0. The predicted octanol–water partition coefficient (Wildman–Crippen LogP) is 7.58. The van der Waals surface area contributed by atoms with Crippen molar-refractivity contribution in [3.63, 3.8) is 0 Å². The van der Waals surface area contributed by atoms with Crippen molar-refractivity contribution in [2.45, 2.75) is 13.2 Å². The van der Waals surface area contributed by atoms with Gasteiger partial charge in [-0.05, 0) is 65.3 Å². The predicted molar refractivity (Wildman–Crippen MR) is 153 cm³/mol.